The standard InChI is InChI=1S/C4H8N2O6S.Na.H/c5-3(7)1-2(4(8)6-9)13(10,11)12;;/h2,9H,1H2,(H2,5,7)(H,6,8)(H,10,11,12);;. The number of nitrogens with two attached hydrogens (primary N) is 1. The Bertz CT molecular complexity index is 314. The molecule has 8 nitrogen and oxygen atoms in total. The summed E-state index contributed by atoms with van der Waals surface area (Å²) in [6.07, 6.45) is -0.898. The van der Waals surface area contributed by atoms with E-state index in [9.17, 15) is 18.0 Å². The van der Waals surface area contributed by atoms with Gasteiger partial charge in [-0.05, 0) is 0 Å². The second kappa shape index (κ2) is 6.32. The van der Waals surface area contributed by atoms with E-state index in [1.54, 1.807) is 0 Å². The molecule has 1 atom stereocenters. The van der Waals surface area contributed by atoms with Gasteiger partial charge in [0.25, 0.3) is 16.0 Å². The van der Waals surface area contributed by atoms with E-state index in [0.717, 1.165) is 5.48 Å². The molecule has 0 rings (SSSR count). The number of hydrogen-bond acceptors (Lipinski definition) is 5. The molecule has 0 heterocycles. The summed E-state index contributed by atoms with van der Waals surface area (Å²) in [4.78, 5) is 20.8. The van der Waals surface area contributed by atoms with Gasteiger partial charge in [0.15, 0.2) is 5.25 Å². The molecule has 14 heavy (non-hydrogen) atoms. The maximum absolute atomic E-state index is 10.6. The van der Waals surface area contributed by atoms with Crippen LogP contribution in [0.25, 0.3) is 0 Å². The predicted molar refractivity (Wildman–Crippen MR) is 46.2 cm³/mol. The summed E-state index contributed by atoms with van der Waals surface area (Å²) in [5.74, 6) is -2.51. The third-order valence-electron chi connectivity index (χ3n) is 1.15. The Labute approximate surface area is 102 Å². The Balaban J connectivity index is 0. The molecule has 78 valence electrons. The third-order valence-corrected chi connectivity index (χ3v) is 2.25. The van der Waals surface area contributed by atoms with Crippen molar-refractivity contribution < 1.29 is 27.8 Å². The number of hydrogen-bond donors (Lipinski definition) is 4. The Morgan fingerprint density at radius 2 is 1.86 bits per heavy atom. The molecule has 0 fully saturated rings. The molecule has 0 bridgehead atoms. The molecule has 0 aromatic heterocycles. The van der Waals surface area contributed by atoms with Crippen LogP contribution in [0, 0.1) is 0 Å². The van der Waals surface area contributed by atoms with Crippen molar-refractivity contribution in [2.45, 2.75) is 11.7 Å². The number of primary amides is 1. The van der Waals surface area contributed by atoms with Crippen molar-refractivity contribution in [2.24, 2.45) is 5.73 Å². The van der Waals surface area contributed by atoms with Gasteiger partial charge in [0.2, 0.25) is 5.91 Å². The molecule has 0 aromatic carbocycles. The number of carbonyl (C=O) groups excluding carboxylic acids is 2. The van der Waals surface area contributed by atoms with Crippen LogP contribution in [-0.2, 0) is 19.7 Å². The van der Waals surface area contributed by atoms with Crippen LogP contribution in [0.5, 0.6) is 0 Å². The van der Waals surface area contributed by atoms with Gasteiger partial charge in [-0.25, -0.2) is 5.48 Å². The molecule has 1 unspecified atom stereocenters. The Morgan fingerprint density at radius 3 is 2.07 bits per heavy atom. The predicted octanol–water partition coefficient (Wildman–Crippen LogP) is -3.02. The van der Waals surface area contributed by atoms with Gasteiger partial charge in [0.05, 0.1) is 6.42 Å². The van der Waals surface area contributed by atoms with E-state index in [2.05, 4.69) is 5.73 Å². The van der Waals surface area contributed by atoms with Crippen molar-refractivity contribution in [2.75, 3.05) is 0 Å². The SMILES string of the molecule is NC(=O)CC(C(=O)NO)S(=O)(=O)O.[NaH]. The van der Waals surface area contributed by atoms with Crippen molar-refractivity contribution in [3.63, 3.8) is 0 Å². The average molecular weight is 236 g/mol. The molecule has 0 aliphatic rings. The van der Waals surface area contributed by atoms with Crippen molar-refractivity contribution in [3.05, 3.63) is 0 Å². The first-order valence-electron chi connectivity index (χ1n) is 2.97. The normalized spacial score (nSPS) is 12.4. The van der Waals surface area contributed by atoms with Gasteiger partial charge in [-0.2, -0.15) is 8.42 Å². The number of nitrogens with one attached hydrogen (secondary N) is 1. The molecule has 5 N–H and O–H groups in total. The summed E-state index contributed by atoms with van der Waals surface area (Å²) in [6.45, 7) is 0. The van der Waals surface area contributed by atoms with E-state index in [-0.39, 0.29) is 29.6 Å². The molecular weight excluding hydrogens is 227 g/mol. The van der Waals surface area contributed by atoms with Crippen molar-refractivity contribution in [1.29, 1.82) is 0 Å². The molecule has 0 saturated heterocycles. The third kappa shape index (κ3) is 5.52. The van der Waals surface area contributed by atoms with E-state index in [1.807, 2.05) is 0 Å². The van der Waals surface area contributed by atoms with Gasteiger partial charge >= 0.3 is 29.6 Å². The van der Waals surface area contributed by atoms with E-state index >= 15 is 0 Å². The second-order valence-corrected chi connectivity index (χ2v) is 3.75. The monoisotopic (exact) mass is 236 g/mol. The fourth-order valence-corrected chi connectivity index (χ4v) is 1.29. The van der Waals surface area contributed by atoms with Gasteiger partial charge < -0.3 is 5.73 Å². The Hall–Kier alpha value is -0.190. The van der Waals surface area contributed by atoms with E-state index in [1.165, 1.54) is 0 Å². The van der Waals surface area contributed by atoms with Gasteiger partial charge in [0, 0.05) is 0 Å². The van der Waals surface area contributed by atoms with Gasteiger partial charge in [-0.1, -0.05) is 0 Å². The molecule has 0 saturated carbocycles. The molecule has 0 aromatic rings. The summed E-state index contributed by atoms with van der Waals surface area (Å²) in [7, 11) is -4.74. The fourth-order valence-electron chi connectivity index (χ4n) is 0.588. The van der Waals surface area contributed by atoms with E-state index in [0.29, 0.717) is 0 Å². The molecule has 2 amide bonds. The summed E-state index contributed by atoms with van der Waals surface area (Å²) < 4.78 is 29.3. The van der Waals surface area contributed by atoms with Crippen molar-refractivity contribution in [3.8, 4) is 0 Å². The Kier molecular flexibility index (Phi) is 7.34. The van der Waals surface area contributed by atoms with E-state index in [4.69, 9.17) is 9.76 Å². The zero-order valence-corrected chi connectivity index (χ0v) is 7.11. The number of carbonyl (C=O) groups is 2. The first kappa shape index (κ1) is 16.2. The number of hydroxylamine groups is 1. The average Bonchev–Trinajstić information content (AvgIpc) is 1.96. The summed E-state index contributed by atoms with van der Waals surface area (Å²) in [5.41, 5.74) is 5.60. The van der Waals surface area contributed by atoms with Gasteiger partial charge in [0.1, 0.15) is 0 Å². The summed E-state index contributed by atoms with van der Waals surface area (Å²) >= 11 is 0. The summed E-state index contributed by atoms with van der Waals surface area (Å²) in [5, 5.41) is 5.98. The fraction of sp³-hybridized carbons (Fsp3) is 0.500. The molecule has 0 radical (unpaired) electrons. The molecule has 10 heteroatoms. The number of rotatable bonds is 4. The van der Waals surface area contributed by atoms with Crippen LogP contribution >= 0.6 is 0 Å². The minimum absolute atomic E-state index is 0. The maximum atomic E-state index is 10.6. The number of amides is 2. The van der Waals surface area contributed by atoms with E-state index < -0.39 is 33.6 Å². The zero-order valence-electron chi connectivity index (χ0n) is 6.30. The first-order valence-corrected chi connectivity index (χ1v) is 4.48. The van der Waals surface area contributed by atoms with Crippen molar-refractivity contribution >= 4 is 51.5 Å². The first-order chi connectivity index (χ1) is 5.79. The van der Waals surface area contributed by atoms with Crippen LogP contribution < -0.4 is 11.2 Å². The molecule has 0 aliphatic heterocycles. The molecular formula is C4H9N2NaO6S. The van der Waals surface area contributed by atoms with Crippen LogP contribution in [-0.4, -0.2) is 64.8 Å². The zero-order chi connectivity index (χ0) is 10.6. The van der Waals surface area contributed by atoms with Gasteiger partial charge in [-0.15, -0.1) is 0 Å². The van der Waals surface area contributed by atoms with Crippen molar-refractivity contribution in [1.82, 2.24) is 5.48 Å². The van der Waals surface area contributed by atoms with Crippen LogP contribution in [0.3, 0.4) is 0 Å². The van der Waals surface area contributed by atoms with Crippen LogP contribution in [0.1, 0.15) is 6.42 Å². The molecule has 0 spiro atoms. The van der Waals surface area contributed by atoms with Crippen LogP contribution in [0.15, 0.2) is 0 Å². The summed E-state index contributed by atoms with van der Waals surface area (Å²) in [6, 6.07) is 0. The molecule has 0 aliphatic carbocycles. The van der Waals surface area contributed by atoms with Crippen LogP contribution in [0.2, 0.25) is 0 Å². The van der Waals surface area contributed by atoms with Crippen LogP contribution in [0.4, 0.5) is 0 Å². The van der Waals surface area contributed by atoms with Gasteiger partial charge in [-0.3, -0.25) is 19.3 Å². The quantitative estimate of drug-likeness (QED) is 0.177. The topological polar surface area (TPSA) is 147 Å². The second-order valence-electron chi connectivity index (χ2n) is 2.15. The Morgan fingerprint density at radius 1 is 1.43 bits per heavy atom. The minimum atomic E-state index is -4.74.